The standard InChI is InChI=1S/C24H27N3O5/c1-13-20(23(31)32-24(2,3)4)16(9-10-25-13)14-5-6-17-15(11-14)12-27(22(17)30)18-7-8-19(28)26-21(18)29/h5-6,9,11,18,20H,7-8,10,12H2,1-4H3,(H,26,28,29). The van der Waals surface area contributed by atoms with E-state index in [1.807, 2.05) is 45.9 Å². The Bertz CT molecular complexity index is 1080. The van der Waals surface area contributed by atoms with Crippen molar-refractivity contribution in [2.45, 2.75) is 58.7 Å². The van der Waals surface area contributed by atoms with Crippen LogP contribution in [0.4, 0.5) is 0 Å². The molecule has 168 valence electrons. The molecule has 0 radical (unpaired) electrons. The minimum absolute atomic E-state index is 0.213. The lowest BCUT2D eigenvalue weighted by Crippen LogP contribution is -2.52. The summed E-state index contributed by atoms with van der Waals surface area (Å²) in [5.74, 6) is -1.93. The molecular weight excluding hydrogens is 410 g/mol. The zero-order valence-corrected chi connectivity index (χ0v) is 18.7. The minimum atomic E-state index is -0.658. The van der Waals surface area contributed by atoms with Gasteiger partial charge >= 0.3 is 5.97 Å². The molecule has 0 spiro atoms. The number of piperidine rings is 1. The van der Waals surface area contributed by atoms with Gasteiger partial charge in [-0.2, -0.15) is 0 Å². The van der Waals surface area contributed by atoms with Crippen molar-refractivity contribution < 1.29 is 23.9 Å². The highest BCUT2D eigenvalue weighted by atomic mass is 16.6. The average molecular weight is 437 g/mol. The van der Waals surface area contributed by atoms with Crippen molar-refractivity contribution >= 4 is 35.0 Å². The van der Waals surface area contributed by atoms with Crippen molar-refractivity contribution in [3.05, 3.63) is 41.0 Å². The van der Waals surface area contributed by atoms with Crippen LogP contribution < -0.4 is 5.32 Å². The number of nitrogens with one attached hydrogen (secondary N) is 1. The Hall–Kier alpha value is -3.29. The van der Waals surface area contributed by atoms with Gasteiger partial charge in [0.15, 0.2) is 0 Å². The number of hydrogen-bond donors (Lipinski definition) is 1. The predicted molar refractivity (Wildman–Crippen MR) is 118 cm³/mol. The number of carbonyl (C=O) groups is 4. The summed E-state index contributed by atoms with van der Waals surface area (Å²) in [7, 11) is 0. The van der Waals surface area contributed by atoms with Crippen LogP contribution in [0.1, 0.15) is 62.0 Å². The Balaban J connectivity index is 1.61. The maximum atomic E-state index is 12.9. The first kappa shape index (κ1) is 21.9. The van der Waals surface area contributed by atoms with Crippen LogP contribution in [0.15, 0.2) is 29.3 Å². The van der Waals surface area contributed by atoms with Crippen LogP contribution in [0, 0.1) is 5.92 Å². The molecule has 4 rings (SSSR count). The number of carbonyl (C=O) groups excluding carboxylic acids is 4. The number of imide groups is 1. The zero-order chi connectivity index (χ0) is 23.2. The van der Waals surface area contributed by atoms with E-state index in [4.69, 9.17) is 4.74 Å². The van der Waals surface area contributed by atoms with Crippen LogP contribution in [-0.2, 0) is 25.7 Å². The van der Waals surface area contributed by atoms with Crippen LogP contribution in [-0.4, -0.2) is 52.5 Å². The number of hydrogen-bond acceptors (Lipinski definition) is 6. The fraction of sp³-hybridized carbons (Fsp3) is 0.458. The highest BCUT2D eigenvalue weighted by molar-refractivity contribution is 6.12. The first-order chi connectivity index (χ1) is 15.0. The van der Waals surface area contributed by atoms with Gasteiger partial charge in [-0.1, -0.05) is 12.1 Å². The lowest BCUT2D eigenvalue weighted by molar-refractivity contribution is -0.155. The molecule has 1 fully saturated rings. The number of aliphatic imine (C=N–C) groups is 1. The van der Waals surface area contributed by atoms with Crippen molar-refractivity contribution in [1.82, 2.24) is 10.2 Å². The topological polar surface area (TPSA) is 105 Å². The SMILES string of the molecule is CC1=NCC=C(c2ccc3c(c2)CN(C2CCC(=O)NC2=O)C3=O)C1C(=O)OC(C)(C)C. The van der Waals surface area contributed by atoms with Crippen LogP contribution in [0.25, 0.3) is 5.57 Å². The van der Waals surface area contributed by atoms with Crippen molar-refractivity contribution in [2.75, 3.05) is 6.54 Å². The Morgan fingerprint density at radius 3 is 2.66 bits per heavy atom. The Kier molecular flexibility index (Phi) is 5.48. The van der Waals surface area contributed by atoms with Gasteiger partial charge in [0.05, 0.1) is 6.54 Å². The second-order valence-electron chi connectivity index (χ2n) is 9.38. The summed E-state index contributed by atoms with van der Waals surface area (Å²) < 4.78 is 5.63. The fourth-order valence-corrected chi connectivity index (χ4v) is 4.42. The van der Waals surface area contributed by atoms with Gasteiger partial charge in [0.1, 0.15) is 17.6 Å². The molecule has 1 aromatic carbocycles. The fourth-order valence-electron chi connectivity index (χ4n) is 4.42. The molecule has 2 atom stereocenters. The van der Waals surface area contributed by atoms with Crippen LogP contribution in [0.5, 0.6) is 0 Å². The molecule has 1 N–H and O–H groups in total. The first-order valence-corrected chi connectivity index (χ1v) is 10.8. The molecule has 1 aromatic rings. The largest absolute Gasteiger partial charge is 0.459 e. The van der Waals surface area contributed by atoms with Crippen molar-refractivity contribution in [3.8, 4) is 0 Å². The highest BCUT2D eigenvalue weighted by Crippen LogP contribution is 2.34. The number of rotatable bonds is 3. The van der Waals surface area contributed by atoms with Gasteiger partial charge in [-0.25, -0.2) is 0 Å². The summed E-state index contributed by atoms with van der Waals surface area (Å²) in [5.41, 5.74) is 3.04. The Labute approximate surface area is 186 Å². The van der Waals surface area contributed by atoms with Gasteiger partial charge in [0, 0.05) is 24.2 Å². The summed E-state index contributed by atoms with van der Waals surface area (Å²) in [6.45, 7) is 8.06. The molecule has 1 saturated heterocycles. The van der Waals surface area contributed by atoms with Gasteiger partial charge < -0.3 is 9.64 Å². The molecule has 3 amide bonds. The van der Waals surface area contributed by atoms with Crippen molar-refractivity contribution in [2.24, 2.45) is 10.9 Å². The highest BCUT2D eigenvalue weighted by Gasteiger charge is 2.40. The van der Waals surface area contributed by atoms with E-state index in [1.54, 1.807) is 6.07 Å². The van der Waals surface area contributed by atoms with E-state index in [0.717, 1.165) is 16.7 Å². The lowest BCUT2D eigenvalue weighted by Gasteiger charge is -2.29. The molecule has 2 unspecified atom stereocenters. The predicted octanol–water partition coefficient (Wildman–Crippen LogP) is 2.26. The second-order valence-corrected chi connectivity index (χ2v) is 9.38. The molecule has 3 aliphatic rings. The van der Waals surface area contributed by atoms with E-state index in [-0.39, 0.29) is 30.7 Å². The van der Waals surface area contributed by atoms with E-state index in [1.165, 1.54) is 4.90 Å². The Morgan fingerprint density at radius 1 is 1.22 bits per heavy atom. The smallest absolute Gasteiger partial charge is 0.319 e. The normalized spacial score (nSPS) is 23.4. The summed E-state index contributed by atoms with van der Waals surface area (Å²) in [6.07, 6.45) is 2.45. The molecule has 3 heterocycles. The maximum absolute atomic E-state index is 12.9. The second kappa shape index (κ2) is 8.00. The molecule has 8 nitrogen and oxygen atoms in total. The molecule has 3 aliphatic heterocycles. The third kappa shape index (κ3) is 4.09. The van der Waals surface area contributed by atoms with Crippen LogP contribution >= 0.6 is 0 Å². The van der Waals surface area contributed by atoms with Crippen molar-refractivity contribution in [1.29, 1.82) is 0 Å². The first-order valence-electron chi connectivity index (χ1n) is 10.8. The molecule has 0 aromatic heterocycles. The van der Waals surface area contributed by atoms with Crippen LogP contribution in [0.2, 0.25) is 0 Å². The number of ether oxygens (including phenoxy) is 1. The summed E-state index contributed by atoms with van der Waals surface area (Å²) in [6, 6.07) is 4.81. The van der Waals surface area contributed by atoms with Gasteiger partial charge in [0.2, 0.25) is 11.8 Å². The lowest BCUT2D eigenvalue weighted by atomic mass is 9.86. The molecule has 32 heavy (non-hydrogen) atoms. The molecule has 8 heteroatoms. The van der Waals surface area contributed by atoms with E-state index in [9.17, 15) is 19.2 Å². The minimum Gasteiger partial charge on any atom is -0.459 e. The average Bonchev–Trinajstić information content (AvgIpc) is 3.02. The third-order valence-electron chi connectivity index (χ3n) is 5.88. The van der Waals surface area contributed by atoms with E-state index in [2.05, 4.69) is 10.3 Å². The van der Waals surface area contributed by atoms with Gasteiger partial charge in [-0.3, -0.25) is 29.5 Å². The quantitative estimate of drug-likeness (QED) is 0.577. The van der Waals surface area contributed by atoms with Crippen LogP contribution in [0.3, 0.4) is 0 Å². The number of nitrogens with zero attached hydrogens (tertiary/aromatic N) is 2. The number of esters is 1. The van der Waals surface area contributed by atoms with Gasteiger partial charge in [0.25, 0.3) is 5.91 Å². The number of fused-ring (bicyclic) bond motifs is 1. The van der Waals surface area contributed by atoms with E-state index >= 15 is 0 Å². The number of dihydropyridines is 1. The number of amides is 3. The third-order valence-corrected chi connectivity index (χ3v) is 5.88. The molecule has 0 bridgehead atoms. The van der Waals surface area contributed by atoms with Gasteiger partial charge in [-0.05, 0) is 62.9 Å². The van der Waals surface area contributed by atoms with E-state index in [0.29, 0.717) is 24.2 Å². The van der Waals surface area contributed by atoms with Crippen molar-refractivity contribution in [3.63, 3.8) is 0 Å². The summed E-state index contributed by atoms with van der Waals surface area (Å²) >= 11 is 0. The monoisotopic (exact) mass is 437 g/mol. The zero-order valence-electron chi connectivity index (χ0n) is 18.7. The molecule has 0 saturated carbocycles. The van der Waals surface area contributed by atoms with Gasteiger partial charge in [-0.15, -0.1) is 0 Å². The van der Waals surface area contributed by atoms with E-state index < -0.39 is 23.5 Å². The summed E-state index contributed by atoms with van der Waals surface area (Å²) in [4.78, 5) is 55.5. The molecular formula is C24H27N3O5. The Morgan fingerprint density at radius 2 is 1.97 bits per heavy atom. The summed E-state index contributed by atoms with van der Waals surface area (Å²) in [5, 5.41) is 2.31. The number of benzene rings is 1. The maximum Gasteiger partial charge on any atom is 0.319 e. The molecule has 0 aliphatic carbocycles.